The molecule has 432 valence electrons. The standard InChI is InChI=1S/C33H39ClN8O3.C28H31ClN8O/c1-19-14-23(20(2)36-26-8-9-27(34)37-29(26)21-16-35-39(6)17-21)28-24(15-19)31(43)40(7)30-25(28)18-42(38-30)22-10-12-41(13-11-22)32(44)45-33(3,4)5;1-16-11-20(17(2)32-23-5-6-24(29)33-26(23)18-13-31-35(3)14-18)25-21(12-16)28(38)36(4)27-22(25)15-37(34-27)19-7-9-30-10-8-19/h8-9,14-18,20,22,36H,10-13H2,1-7H3;5-6,11-15,17,19,30,32H,7-10H2,1-4H3. The summed E-state index contributed by atoms with van der Waals surface area (Å²) in [5, 5.41) is 35.0. The highest BCUT2D eigenvalue weighted by molar-refractivity contribution is 6.30. The number of piperidine rings is 2. The molecule has 20 nitrogen and oxygen atoms in total. The normalized spacial score (nSPS) is 15.3. The monoisotopic (exact) mass is 1160 g/mol. The molecule has 83 heavy (non-hydrogen) atoms. The Labute approximate surface area is 490 Å². The highest BCUT2D eigenvalue weighted by Gasteiger charge is 2.30. The number of anilines is 2. The van der Waals surface area contributed by atoms with Crippen LogP contribution in [0.3, 0.4) is 0 Å². The molecule has 2 saturated heterocycles. The number of nitrogens with one attached hydrogen (secondary N) is 3. The van der Waals surface area contributed by atoms with Crippen molar-refractivity contribution in [2.45, 2.75) is 104 Å². The van der Waals surface area contributed by atoms with E-state index in [1.54, 1.807) is 55.0 Å². The maximum atomic E-state index is 13.7. The minimum atomic E-state index is -0.536. The van der Waals surface area contributed by atoms with Crippen molar-refractivity contribution in [2.24, 2.45) is 28.2 Å². The zero-order valence-corrected chi connectivity index (χ0v) is 50.3. The number of benzene rings is 2. The van der Waals surface area contributed by atoms with Gasteiger partial charge in [0.1, 0.15) is 15.9 Å². The van der Waals surface area contributed by atoms with Crippen molar-refractivity contribution in [1.82, 2.24) is 68.4 Å². The third-order valence-corrected chi connectivity index (χ3v) is 16.2. The first-order valence-corrected chi connectivity index (χ1v) is 28.9. The number of halogens is 2. The van der Waals surface area contributed by atoms with Crippen LogP contribution in [-0.2, 0) is 32.9 Å². The summed E-state index contributed by atoms with van der Waals surface area (Å²) < 4.78 is 16.4. The number of pyridine rings is 4. The predicted molar refractivity (Wildman–Crippen MR) is 329 cm³/mol. The minimum absolute atomic E-state index is 0.0376. The Morgan fingerprint density at radius 1 is 0.639 bits per heavy atom. The fourth-order valence-electron chi connectivity index (χ4n) is 11.8. The number of hydrogen-bond donors (Lipinski definition) is 3. The van der Waals surface area contributed by atoms with Gasteiger partial charge in [-0.15, -0.1) is 0 Å². The van der Waals surface area contributed by atoms with E-state index in [-0.39, 0.29) is 35.3 Å². The Morgan fingerprint density at radius 2 is 1.07 bits per heavy atom. The van der Waals surface area contributed by atoms with E-state index in [0.717, 1.165) is 111 Å². The van der Waals surface area contributed by atoms with Gasteiger partial charge in [-0.25, -0.2) is 14.8 Å². The molecule has 0 saturated carbocycles. The molecule has 2 aromatic carbocycles. The Hall–Kier alpha value is -8.07. The molecule has 10 aromatic rings. The maximum Gasteiger partial charge on any atom is 0.410 e. The average molecular weight is 1160 g/mol. The van der Waals surface area contributed by atoms with Crippen LogP contribution in [-0.4, -0.2) is 101 Å². The number of ether oxygens (including phenoxy) is 1. The van der Waals surface area contributed by atoms with E-state index >= 15 is 0 Å². The highest BCUT2D eigenvalue weighted by atomic mass is 35.5. The number of amides is 1. The van der Waals surface area contributed by atoms with Crippen LogP contribution in [0.25, 0.3) is 66.1 Å². The summed E-state index contributed by atoms with van der Waals surface area (Å²) in [6.45, 7) is 16.9. The molecule has 2 fully saturated rings. The van der Waals surface area contributed by atoms with Crippen molar-refractivity contribution in [3.8, 4) is 22.5 Å². The minimum Gasteiger partial charge on any atom is -0.444 e. The van der Waals surface area contributed by atoms with Crippen LogP contribution in [0, 0.1) is 13.8 Å². The number of nitrogens with zero attached hydrogens (tertiary/aromatic N) is 13. The molecular formula is C61H70Cl2N16O4. The topological polar surface area (TPSA) is 207 Å². The van der Waals surface area contributed by atoms with E-state index in [2.05, 4.69) is 79.2 Å². The summed E-state index contributed by atoms with van der Waals surface area (Å²) in [6.07, 6.45) is 14.8. The van der Waals surface area contributed by atoms with Gasteiger partial charge in [0.05, 0.1) is 47.2 Å². The fourth-order valence-corrected chi connectivity index (χ4v) is 12.0. The molecule has 12 rings (SSSR count). The molecule has 2 atom stereocenters. The Bertz CT molecular complexity index is 4250. The van der Waals surface area contributed by atoms with Gasteiger partial charge >= 0.3 is 6.09 Å². The molecule has 10 heterocycles. The highest BCUT2D eigenvalue weighted by Crippen LogP contribution is 2.38. The quantitative estimate of drug-likeness (QED) is 0.109. The second-order valence-corrected chi connectivity index (χ2v) is 24.0. The molecule has 1 amide bonds. The fraction of sp³-hybridized carbons (Fsp3) is 0.393. The van der Waals surface area contributed by atoms with Crippen molar-refractivity contribution < 1.29 is 9.53 Å². The van der Waals surface area contributed by atoms with Gasteiger partial charge in [-0.2, -0.15) is 20.4 Å². The van der Waals surface area contributed by atoms with Crippen LogP contribution in [0.2, 0.25) is 10.3 Å². The van der Waals surface area contributed by atoms with Crippen molar-refractivity contribution in [2.75, 3.05) is 36.8 Å². The number of likely N-dealkylation sites (tertiary alicyclic amines) is 1. The van der Waals surface area contributed by atoms with Crippen molar-refractivity contribution in [3.05, 3.63) is 139 Å². The van der Waals surface area contributed by atoms with Crippen LogP contribution in [0.1, 0.15) is 107 Å². The van der Waals surface area contributed by atoms with Gasteiger partial charge in [0.15, 0.2) is 11.3 Å². The van der Waals surface area contributed by atoms with Gasteiger partial charge in [0.25, 0.3) is 11.1 Å². The van der Waals surface area contributed by atoms with E-state index in [4.69, 9.17) is 38.1 Å². The van der Waals surface area contributed by atoms with Gasteiger partial charge in [0, 0.05) is 122 Å². The lowest BCUT2D eigenvalue weighted by molar-refractivity contribution is 0.0185. The van der Waals surface area contributed by atoms with Gasteiger partial charge < -0.3 is 25.6 Å². The smallest absolute Gasteiger partial charge is 0.410 e. The lowest BCUT2D eigenvalue weighted by Gasteiger charge is -2.33. The summed E-state index contributed by atoms with van der Waals surface area (Å²) >= 11 is 12.6. The Morgan fingerprint density at radius 3 is 1.48 bits per heavy atom. The van der Waals surface area contributed by atoms with Crippen molar-refractivity contribution in [1.29, 1.82) is 0 Å². The number of aromatic nitrogens is 12. The lowest BCUT2D eigenvalue weighted by Crippen LogP contribution is -2.42. The van der Waals surface area contributed by atoms with E-state index in [0.29, 0.717) is 57.2 Å². The van der Waals surface area contributed by atoms with E-state index in [1.807, 2.05) is 97.1 Å². The zero-order valence-electron chi connectivity index (χ0n) is 48.8. The van der Waals surface area contributed by atoms with E-state index < -0.39 is 5.60 Å². The lowest BCUT2D eigenvalue weighted by atomic mass is 9.95. The maximum absolute atomic E-state index is 13.7. The molecule has 8 aromatic heterocycles. The SMILES string of the molecule is Cc1cc(C(C)Nc2ccc(Cl)nc2-c2cnn(C)c2)c2c(c1)c(=O)n(C)c1nn(C3CCN(C(=O)OC(C)(C)C)CC3)cc21.Cc1cc(C(C)Nc2ccc(Cl)nc2-c2cnn(C)c2)c2c(c1)c(=O)n(C)c1nn(C3CCNCC3)cc21. The predicted octanol–water partition coefficient (Wildman–Crippen LogP) is 11.1. The van der Waals surface area contributed by atoms with Gasteiger partial charge in [-0.05, 0) is 146 Å². The molecule has 2 aliphatic heterocycles. The van der Waals surface area contributed by atoms with Crippen LogP contribution < -0.4 is 27.1 Å². The van der Waals surface area contributed by atoms with E-state index in [9.17, 15) is 14.4 Å². The Balaban J connectivity index is 0.000000176. The third-order valence-electron chi connectivity index (χ3n) is 15.8. The first-order chi connectivity index (χ1) is 39.6. The molecule has 2 unspecified atom stereocenters. The number of carbonyl (C=O) groups is 1. The largest absolute Gasteiger partial charge is 0.444 e. The van der Waals surface area contributed by atoms with Crippen LogP contribution >= 0.6 is 23.2 Å². The van der Waals surface area contributed by atoms with Gasteiger partial charge in [-0.3, -0.25) is 37.5 Å². The summed E-state index contributed by atoms with van der Waals surface area (Å²) in [5.41, 5.74) is 9.52. The molecule has 0 radical (unpaired) electrons. The molecule has 0 bridgehead atoms. The van der Waals surface area contributed by atoms with Gasteiger partial charge in [-0.1, -0.05) is 35.3 Å². The van der Waals surface area contributed by atoms with Gasteiger partial charge in [0.2, 0.25) is 0 Å². The molecule has 0 spiro atoms. The number of rotatable bonds is 10. The summed E-state index contributed by atoms with van der Waals surface area (Å²) in [7, 11) is 7.32. The molecule has 0 aliphatic carbocycles. The molecule has 3 N–H and O–H groups in total. The summed E-state index contributed by atoms with van der Waals surface area (Å²) in [5.74, 6) is 0. The third kappa shape index (κ3) is 11.4. The van der Waals surface area contributed by atoms with E-state index in [1.165, 1.54) is 0 Å². The first kappa shape index (κ1) is 56.8. The summed E-state index contributed by atoms with van der Waals surface area (Å²) in [6, 6.07) is 15.7. The van der Waals surface area contributed by atoms with Crippen LogP contribution in [0.15, 0.2) is 95.3 Å². The number of fused-ring (bicyclic) bond motifs is 6. The second kappa shape index (κ2) is 22.6. The van der Waals surface area contributed by atoms with Crippen molar-refractivity contribution in [3.63, 3.8) is 0 Å². The first-order valence-electron chi connectivity index (χ1n) is 28.2. The molecule has 22 heteroatoms. The zero-order chi connectivity index (χ0) is 58.8. The number of aryl methyl sites for hydroxylation is 6. The van der Waals surface area contributed by atoms with Crippen molar-refractivity contribution >= 4 is 84.3 Å². The number of hydrogen-bond acceptors (Lipinski definition) is 13. The molecule has 2 aliphatic rings. The van der Waals surface area contributed by atoms with Crippen LogP contribution in [0.4, 0.5) is 16.2 Å². The molecular weight excluding hydrogens is 1090 g/mol. The number of carbonyl (C=O) groups excluding carboxylic acids is 1. The second-order valence-electron chi connectivity index (χ2n) is 23.3. The summed E-state index contributed by atoms with van der Waals surface area (Å²) in [4.78, 5) is 50.8. The average Bonchev–Trinajstić information content (AvgIpc) is 3.24. The Kier molecular flexibility index (Phi) is 15.5. The van der Waals surface area contributed by atoms with Crippen LogP contribution in [0.5, 0.6) is 0 Å².